The highest BCUT2D eigenvalue weighted by Crippen LogP contribution is 2.18. The number of likely N-dealkylation sites (tertiary alicyclic amines) is 1. The van der Waals surface area contributed by atoms with Crippen LogP contribution in [0.5, 0.6) is 0 Å². The molecule has 1 aliphatic rings. The summed E-state index contributed by atoms with van der Waals surface area (Å²) in [6.45, 7) is 4.24. The van der Waals surface area contributed by atoms with E-state index in [0.717, 1.165) is 19.0 Å². The smallest absolute Gasteiger partial charge is 0.107 e. The molecule has 78 valence electrons. The first kappa shape index (κ1) is 10.1. The van der Waals surface area contributed by atoms with Gasteiger partial charge in [0.1, 0.15) is 5.01 Å². The number of aromatic nitrogens is 1. The SMILES string of the molecule is NCC1CCN(Cc2nccs2)CC1. The lowest BCUT2D eigenvalue weighted by Crippen LogP contribution is -2.35. The van der Waals surface area contributed by atoms with Crippen LogP contribution in [0.2, 0.25) is 0 Å². The van der Waals surface area contributed by atoms with Gasteiger partial charge in [0, 0.05) is 11.6 Å². The first-order chi connectivity index (χ1) is 6.88. The standard InChI is InChI=1S/C10H17N3S/c11-7-9-1-4-13(5-2-9)8-10-12-3-6-14-10/h3,6,9H,1-2,4-5,7-8,11H2. The highest BCUT2D eigenvalue weighted by Gasteiger charge is 2.18. The first-order valence-corrected chi connectivity index (χ1v) is 6.07. The molecule has 0 atom stereocenters. The van der Waals surface area contributed by atoms with Crippen molar-refractivity contribution in [2.24, 2.45) is 11.7 Å². The lowest BCUT2D eigenvalue weighted by Gasteiger charge is -2.30. The molecular weight excluding hydrogens is 194 g/mol. The second kappa shape index (κ2) is 4.87. The van der Waals surface area contributed by atoms with Crippen LogP contribution in [-0.4, -0.2) is 29.5 Å². The summed E-state index contributed by atoms with van der Waals surface area (Å²) in [5.41, 5.74) is 5.66. The number of hydrogen-bond donors (Lipinski definition) is 1. The molecule has 2 N–H and O–H groups in total. The maximum atomic E-state index is 5.66. The number of thiazole rings is 1. The summed E-state index contributed by atoms with van der Waals surface area (Å²) in [5, 5.41) is 3.28. The van der Waals surface area contributed by atoms with Crippen molar-refractivity contribution in [1.29, 1.82) is 0 Å². The number of piperidine rings is 1. The number of nitrogens with two attached hydrogens (primary N) is 1. The van der Waals surface area contributed by atoms with Crippen LogP contribution in [-0.2, 0) is 6.54 Å². The summed E-state index contributed by atoms with van der Waals surface area (Å²) < 4.78 is 0. The van der Waals surface area contributed by atoms with Gasteiger partial charge in [0.25, 0.3) is 0 Å². The second-order valence-corrected chi connectivity index (χ2v) is 4.86. The minimum atomic E-state index is 0.752. The normalized spacial score (nSPS) is 20.1. The number of nitrogens with zero attached hydrogens (tertiary/aromatic N) is 2. The van der Waals surface area contributed by atoms with Crippen molar-refractivity contribution in [2.45, 2.75) is 19.4 Å². The zero-order valence-corrected chi connectivity index (χ0v) is 9.17. The van der Waals surface area contributed by atoms with Crippen LogP contribution in [0.3, 0.4) is 0 Å². The molecular formula is C10H17N3S. The van der Waals surface area contributed by atoms with Crippen molar-refractivity contribution in [3.8, 4) is 0 Å². The maximum Gasteiger partial charge on any atom is 0.107 e. The molecule has 0 saturated carbocycles. The van der Waals surface area contributed by atoms with E-state index in [-0.39, 0.29) is 0 Å². The molecule has 1 aliphatic heterocycles. The number of rotatable bonds is 3. The summed E-state index contributed by atoms with van der Waals surface area (Å²) in [7, 11) is 0. The van der Waals surface area contributed by atoms with Crippen LogP contribution >= 0.6 is 11.3 Å². The van der Waals surface area contributed by atoms with E-state index in [0.29, 0.717) is 0 Å². The lowest BCUT2D eigenvalue weighted by atomic mass is 9.97. The van der Waals surface area contributed by atoms with Crippen LogP contribution in [0.1, 0.15) is 17.8 Å². The Kier molecular flexibility index (Phi) is 3.50. The maximum absolute atomic E-state index is 5.66. The fourth-order valence-electron chi connectivity index (χ4n) is 1.90. The highest BCUT2D eigenvalue weighted by molar-refractivity contribution is 7.09. The highest BCUT2D eigenvalue weighted by atomic mass is 32.1. The van der Waals surface area contributed by atoms with Crippen molar-refractivity contribution in [3.63, 3.8) is 0 Å². The van der Waals surface area contributed by atoms with Gasteiger partial charge < -0.3 is 5.73 Å². The molecule has 0 unspecified atom stereocenters. The van der Waals surface area contributed by atoms with E-state index in [1.54, 1.807) is 11.3 Å². The van der Waals surface area contributed by atoms with Gasteiger partial charge in [-0.1, -0.05) is 0 Å². The van der Waals surface area contributed by atoms with Crippen molar-refractivity contribution >= 4 is 11.3 Å². The van der Waals surface area contributed by atoms with E-state index in [1.807, 2.05) is 11.6 Å². The van der Waals surface area contributed by atoms with Crippen molar-refractivity contribution in [2.75, 3.05) is 19.6 Å². The summed E-state index contributed by atoms with van der Waals surface area (Å²) >= 11 is 1.75. The molecule has 2 rings (SSSR count). The molecule has 1 fully saturated rings. The Morgan fingerprint density at radius 3 is 2.86 bits per heavy atom. The Bertz CT molecular complexity index is 252. The lowest BCUT2D eigenvalue weighted by molar-refractivity contribution is 0.180. The van der Waals surface area contributed by atoms with Gasteiger partial charge in [0.15, 0.2) is 0 Å². The largest absolute Gasteiger partial charge is 0.330 e. The van der Waals surface area contributed by atoms with Crippen LogP contribution < -0.4 is 5.73 Å². The van der Waals surface area contributed by atoms with Gasteiger partial charge in [0.05, 0.1) is 6.54 Å². The molecule has 0 bridgehead atoms. The van der Waals surface area contributed by atoms with Gasteiger partial charge in [-0.25, -0.2) is 4.98 Å². The van der Waals surface area contributed by atoms with Crippen molar-refractivity contribution < 1.29 is 0 Å². The second-order valence-electron chi connectivity index (χ2n) is 3.88. The Morgan fingerprint density at radius 2 is 2.29 bits per heavy atom. The fourth-order valence-corrected chi connectivity index (χ4v) is 2.56. The molecule has 0 radical (unpaired) electrons. The van der Waals surface area contributed by atoms with E-state index < -0.39 is 0 Å². The average molecular weight is 211 g/mol. The van der Waals surface area contributed by atoms with Crippen LogP contribution in [0, 0.1) is 5.92 Å². The third-order valence-corrected chi connectivity index (χ3v) is 3.65. The first-order valence-electron chi connectivity index (χ1n) is 5.19. The third-order valence-electron chi connectivity index (χ3n) is 2.88. The van der Waals surface area contributed by atoms with Crippen LogP contribution in [0.25, 0.3) is 0 Å². The van der Waals surface area contributed by atoms with Gasteiger partial charge in [-0.15, -0.1) is 11.3 Å². The Morgan fingerprint density at radius 1 is 1.50 bits per heavy atom. The quantitative estimate of drug-likeness (QED) is 0.820. The van der Waals surface area contributed by atoms with Crippen molar-refractivity contribution in [1.82, 2.24) is 9.88 Å². The monoisotopic (exact) mass is 211 g/mol. The van der Waals surface area contributed by atoms with E-state index in [1.165, 1.54) is 30.9 Å². The fraction of sp³-hybridized carbons (Fsp3) is 0.700. The minimum Gasteiger partial charge on any atom is -0.330 e. The van der Waals surface area contributed by atoms with Gasteiger partial charge >= 0.3 is 0 Å². The topological polar surface area (TPSA) is 42.1 Å². The van der Waals surface area contributed by atoms with Gasteiger partial charge in [0.2, 0.25) is 0 Å². The molecule has 1 aromatic rings. The molecule has 0 spiro atoms. The molecule has 2 heterocycles. The Balaban J connectivity index is 1.79. The van der Waals surface area contributed by atoms with Crippen LogP contribution in [0.4, 0.5) is 0 Å². The number of hydrogen-bond acceptors (Lipinski definition) is 4. The summed E-state index contributed by atoms with van der Waals surface area (Å²) in [4.78, 5) is 6.78. The molecule has 1 saturated heterocycles. The predicted octanol–water partition coefficient (Wildman–Crippen LogP) is 1.31. The average Bonchev–Trinajstić information content (AvgIpc) is 2.72. The molecule has 1 aromatic heterocycles. The van der Waals surface area contributed by atoms with Gasteiger partial charge in [-0.2, -0.15) is 0 Å². The van der Waals surface area contributed by atoms with Crippen molar-refractivity contribution in [3.05, 3.63) is 16.6 Å². The summed E-state index contributed by atoms with van der Waals surface area (Å²) in [6, 6.07) is 0. The molecule has 4 heteroatoms. The summed E-state index contributed by atoms with van der Waals surface area (Å²) in [6.07, 6.45) is 4.39. The van der Waals surface area contributed by atoms with E-state index >= 15 is 0 Å². The van der Waals surface area contributed by atoms with Gasteiger partial charge in [-0.3, -0.25) is 4.90 Å². The predicted molar refractivity (Wildman–Crippen MR) is 59.2 cm³/mol. The molecule has 0 aliphatic carbocycles. The molecule has 0 amide bonds. The molecule has 14 heavy (non-hydrogen) atoms. The zero-order valence-electron chi connectivity index (χ0n) is 8.35. The molecule has 3 nitrogen and oxygen atoms in total. The van der Waals surface area contributed by atoms with E-state index in [4.69, 9.17) is 5.73 Å². The van der Waals surface area contributed by atoms with E-state index in [2.05, 4.69) is 9.88 Å². The third kappa shape index (κ3) is 2.53. The van der Waals surface area contributed by atoms with E-state index in [9.17, 15) is 0 Å². The minimum absolute atomic E-state index is 0.752. The molecule has 0 aromatic carbocycles. The summed E-state index contributed by atoms with van der Waals surface area (Å²) in [5.74, 6) is 0.752. The van der Waals surface area contributed by atoms with Crippen LogP contribution in [0.15, 0.2) is 11.6 Å². The van der Waals surface area contributed by atoms with Gasteiger partial charge in [-0.05, 0) is 38.4 Å². The Labute approximate surface area is 88.9 Å². The Hall–Kier alpha value is -0.450. The zero-order chi connectivity index (χ0) is 9.80.